The van der Waals surface area contributed by atoms with Gasteiger partial charge in [-0.2, -0.15) is 0 Å². The molecule has 1 amide bonds. The molecule has 2 aromatic carbocycles. The van der Waals surface area contributed by atoms with Crippen molar-refractivity contribution in [2.45, 2.75) is 4.90 Å². The van der Waals surface area contributed by atoms with Crippen LogP contribution in [0.3, 0.4) is 0 Å². The van der Waals surface area contributed by atoms with Gasteiger partial charge in [0.2, 0.25) is 5.91 Å². The van der Waals surface area contributed by atoms with Crippen LogP contribution in [-0.2, 0) is 14.6 Å². The zero-order valence-electron chi connectivity index (χ0n) is 14.3. The molecular weight excluding hydrogens is 417 g/mol. The number of likely N-dealkylation sites (N-methyl/N-ethyl adjacent to an activating group) is 1. The Balaban J connectivity index is 2.32. The van der Waals surface area contributed by atoms with Gasteiger partial charge in [0.15, 0.2) is 9.84 Å². The van der Waals surface area contributed by atoms with Crippen molar-refractivity contribution < 1.29 is 18.1 Å². The SMILES string of the molecule is CN(CC(=O)Nc1c(Cl)cccc1Cl)c1cccc(S(C)(=O)=O)c1[N+](=O)[O-]. The number of anilines is 2. The van der Waals surface area contributed by atoms with Gasteiger partial charge in [0, 0.05) is 13.3 Å². The van der Waals surface area contributed by atoms with Crippen molar-refractivity contribution in [2.24, 2.45) is 0 Å². The highest BCUT2D eigenvalue weighted by molar-refractivity contribution is 7.90. The molecule has 0 unspecified atom stereocenters. The highest BCUT2D eigenvalue weighted by atomic mass is 35.5. The second kappa shape index (κ2) is 8.12. The summed E-state index contributed by atoms with van der Waals surface area (Å²) < 4.78 is 23.7. The normalized spacial score (nSPS) is 11.1. The summed E-state index contributed by atoms with van der Waals surface area (Å²) in [7, 11) is -2.39. The first-order valence-electron chi connectivity index (χ1n) is 7.45. The number of carbonyl (C=O) groups excluding carboxylic acids is 1. The lowest BCUT2D eigenvalue weighted by Gasteiger charge is -2.20. The van der Waals surface area contributed by atoms with Crippen LogP contribution in [0.4, 0.5) is 17.1 Å². The predicted molar refractivity (Wildman–Crippen MR) is 105 cm³/mol. The zero-order chi connectivity index (χ0) is 20.4. The first-order valence-corrected chi connectivity index (χ1v) is 10.1. The van der Waals surface area contributed by atoms with Crippen LogP contribution >= 0.6 is 23.2 Å². The van der Waals surface area contributed by atoms with E-state index in [1.165, 1.54) is 24.1 Å². The molecule has 0 saturated heterocycles. The molecule has 1 N–H and O–H groups in total. The molecule has 11 heteroatoms. The summed E-state index contributed by atoms with van der Waals surface area (Å²) in [5.74, 6) is -0.536. The van der Waals surface area contributed by atoms with Crippen LogP contribution in [-0.4, -0.2) is 39.1 Å². The van der Waals surface area contributed by atoms with E-state index in [0.29, 0.717) is 0 Å². The minimum atomic E-state index is -3.83. The molecule has 0 bridgehead atoms. The van der Waals surface area contributed by atoms with Crippen molar-refractivity contribution in [3.8, 4) is 0 Å². The molecule has 0 heterocycles. The average molecular weight is 432 g/mol. The summed E-state index contributed by atoms with van der Waals surface area (Å²) in [5, 5.41) is 14.5. The van der Waals surface area contributed by atoms with Crippen LogP contribution in [0, 0.1) is 10.1 Å². The number of amides is 1. The minimum Gasteiger partial charge on any atom is -0.360 e. The number of hydrogen-bond donors (Lipinski definition) is 1. The Morgan fingerprint density at radius 3 is 2.26 bits per heavy atom. The van der Waals surface area contributed by atoms with E-state index in [4.69, 9.17) is 23.2 Å². The second-order valence-corrected chi connectivity index (χ2v) is 8.45. The Morgan fingerprint density at radius 1 is 1.19 bits per heavy atom. The second-order valence-electron chi connectivity index (χ2n) is 5.65. The summed E-state index contributed by atoms with van der Waals surface area (Å²) in [5.41, 5.74) is -0.381. The first kappa shape index (κ1) is 20.9. The maximum atomic E-state index is 12.3. The average Bonchev–Trinajstić information content (AvgIpc) is 2.56. The van der Waals surface area contributed by atoms with Gasteiger partial charge in [0.1, 0.15) is 10.6 Å². The quantitative estimate of drug-likeness (QED) is 0.554. The van der Waals surface area contributed by atoms with Crippen molar-refractivity contribution in [3.63, 3.8) is 0 Å². The number of nitro groups is 1. The molecule has 0 fully saturated rings. The van der Waals surface area contributed by atoms with Gasteiger partial charge in [-0.15, -0.1) is 0 Å². The third-order valence-corrected chi connectivity index (χ3v) is 5.34. The van der Waals surface area contributed by atoms with Crippen LogP contribution in [0.15, 0.2) is 41.3 Å². The summed E-state index contributed by atoms with van der Waals surface area (Å²) in [6.07, 6.45) is 0.880. The monoisotopic (exact) mass is 431 g/mol. The summed E-state index contributed by atoms with van der Waals surface area (Å²) >= 11 is 12.0. The number of rotatable bonds is 6. The third kappa shape index (κ3) is 4.88. The van der Waals surface area contributed by atoms with Gasteiger partial charge in [-0.1, -0.05) is 35.3 Å². The number of nitrogens with one attached hydrogen (secondary N) is 1. The van der Waals surface area contributed by atoms with E-state index in [2.05, 4.69) is 5.32 Å². The minimum absolute atomic E-state index is 0.0108. The first-order chi connectivity index (χ1) is 12.5. The fourth-order valence-corrected chi connectivity index (χ4v) is 3.75. The molecular formula is C16H15Cl2N3O5S. The number of nitro benzene ring substituents is 1. The number of sulfone groups is 1. The molecule has 8 nitrogen and oxygen atoms in total. The Labute approximate surface area is 165 Å². The van der Waals surface area contributed by atoms with Crippen LogP contribution in [0.2, 0.25) is 10.0 Å². The molecule has 27 heavy (non-hydrogen) atoms. The molecule has 0 spiro atoms. The zero-order valence-corrected chi connectivity index (χ0v) is 16.6. The fraction of sp³-hybridized carbons (Fsp3) is 0.188. The van der Waals surface area contributed by atoms with Crippen molar-refractivity contribution in [1.82, 2.24) is 0 Å². The van der Waals surface area contributed by atoms with E-state index in [-0.39, 0.29) is 28.0 Å². The van der Waals surface area contributed by atoms with E-state index in [1.807, 2.05) is 0 Å². The summed E-state index contributed by atoms with van der Waals surface area (Å²) in [4.78, 5) is 23.8. The highest BCUT2D eigenvalue weighted by Gasteiger charge is 2.28. The lowest BCUT2D eigenvalue weighted by molar-refractivity contribution is -0.387. The predicted octanol–water partition coefficient (Wildman–Crippen LogP) is 3.38. The van der Waals surface area contributed by atoms with E-state index in [0.717, 1.165) is 12.3 Å². The Bertz CT molecular complexity index is 991. The molecule has 0 radical (unpaired) electrons. The maximum Gasteiger partial charge on any atom is 0.311 e. The fourth-order valence-electron chi connectivity index (χ4n) is 2.40. The van der Waals surface area contributed by atoms with Gasteiger partial charge >= 0.3 is 5.69 Å². The Morgan fingerprint density at radius 2 is 1.74 bits per heavy atom. The van der Waals surface area contributed by atoms with Crippen molar-refractivity contribution >= 4 is 56.0 Å². The molecule has 0 aromatic heterocycles. The number of hydrogen-bond acceptors (Lipinski definition) is 6. The van der Waals surface area contributed by atoms with E-state index < -0.39 is 31.3 Å². The van der Waals surface area contributed by atoms with Crippen LogP contribution in [0.25, 0.3) is 0 Å². The van der Waals surface area contributed by atoms with Crippen LogP contribution in [0.5, 0.6) is 0 Å². The summed E-state index contributed by atoms with van der Waals surface area (Å²) in [6, 6.07) is 8.60. The molecule has 0 aliphatic carbocycles. The number of carbonyl (C=O) groups is 1. The van der Waals surface area contributed by atoms with Crippen LogP contribution in [0.1, 0.15) is 0 Å². The number of para-hydroxylation sites is 2. The standard InChI is InChI=1S/C16H15Cl2N3O5S/c1-20(9-14(22)19-15-10(17)5-3-6-11(15)18)12-7-4-8-13(27(2,25)26)16(12)21(23)24/h3-8H,9H2,1-2H3,(H,19,22). The van der Waals surface area contributed by atoms with Gasteiger partial charge in [-0.25, -0.2) is 8.42 Å². The number of benzene rings is 2. The van der Waals surface area contributed by atoms with Gasteiger partial charge in [-0.3, -0.25) is 14.9 Å². The summed E-state index contributed by atoms with van der Waals surface area (Å²) in [6.45, 7) is -0.296. The van der Waals surface area contributed by atoms with Crippen LogP contribution < -0.4 is 10.2 Å². The van der Waals surface area contributed by atoms with Crippen molar-refractivity contribution in [3.05, 3.63) is 56.6 Å². The van der Waals surface area contributed by atoms with E-state index >= 15 is 0 Å². The molecule has 0 atom stereocenters. The lowest BCUT2D eigenvalue weighted by atomic mass is 10.2. The lowest BCUT2D eigenvalue weighted by Crippen LogP contribution is -2.30. The van der Waals surface area contributed by atoms with Crippen molar-refractivity contribution in [2.75, 3.05) is 30.1 Å². The molecule has 144 valence electrons. The van der Waals surface area contributed by atoms with Gasteiger partial charge in [0.05, 0.1) is 27.2 Å². The molecule has 2 rings (SSSR count). The number of nitrogens with zero attached hydrogens (tertiary/aromatic N) is 2. The van der Waals surface area contributed by atoms with Gasteiger partial charge in [-0.05, 0) is 24.3 Å². The van der Waals surface area contributed by atoms with E-state index in [9.17, 15) is 23.3 Å². The topological polar surface area (TPSA) is 110 Å². The Kier molecular flexibility index (Phi) is 6.30. The van der Waals surface area contributed by atoms with Gasteiger partial charge < -0.3 is 10.2 Å². The van der Waals surface area contributed by atoms with Gasteiger partial charge in [0.25, 0.3) is 0 Å². The maximum absolute atomic E-state index is 12.3. The molecule has 0 aliphatic heterocycles. The highest BCUT2D eigenvalue weighted by Crippen LogP contribution is 2.34. The smallest absolute Gasteiger partial charge is 0.311 e. The van der Waals surface area contributed by atoms with E-state index in [1.54, 1.807) is 18.2 Å². The Hall–Kier alpha value is -2.36. The largest absolute Gasteiger partial charge is 0.360 e. The molecule has 2 aromatic rings. The third-order valence-electron chi connectivity index (χ3n) is 3.58. The van der Waals surface area contributed by atoms with Crippen molar-refractivity contribution in [1.29, 1.82) is 0 Å². The number of halogens is 2. The molecule has 0 aliphatic rings. The molecule has 0 saturated carbocycles.